The number of sulfonamides is 1. The maximum absolute atomic E-state index is 12.8. The number of aromatic nitrogens is 1. The van der Waals surface area contributed by atoms with E-state index in [4.69, 9.17) is 4.74 Å². The van der Waals surface area contributed by atoms with Crippen molar-refractivity contribution in [3.8, 4) is 17.0 Å². The number of fused-ring (bicyclic) bond motifs is 1. The van der Waals surface area contributed by atoms with Crippen molar-refractivity contribution in [2.45, 2.75) is 25.7 Å². The zero-order chi connectivity index (χ0) is 20.3. The third-order valence-corrected chi connectivity index (χ3v) is 6.77. The fourth-order valence-corrected chi connectivity index (χ4v) is 4.78. The number of rotatable bonds is 8. The number of carbonyl (C=O) groups is 1. The molecule has 0 fully saturated rings. The van der Waals surface area contributed by atoms with Crippen molar-refractivity contribution >= 4 is 27.2 Å². The molecule has 0 aliphatic rings. The van der Waals surface area contributed by atoms with Gasteiger partial charge in [-0.2, -0.15) is 4.31 Å². The summed E-state index contributed by atoms with van der Waals surface area (Å²) in [6.07, 6.45) is 0.762. The molecule has 28 heavy (non-hydrogen) atoms. The van der Waals surface area contributed by atoms with Crippen LogP contribution in [0.1, 0.15) is 31.1 Å². The molecule has 0 unspecified atom stereocenters. The number of carbonyl (C=O) groups excluding carboxylic acids is 1. The van der Waals surface area contributed by atoms with Crippen molar-refractivity contribution in [3.05, 3.63) is 48.0 Å². The molecule has 2 aromatic carbocycles. The number of aldehydes is 1. The Morgan fingerprint density at radius 3 is 2.29 bits per heavy atom. The van der Waals surface area contributed by atoms with Crippen molar-refractivity contribution in [1.29, 1.82) is 0 Å². The van der Waals surface area contributed by atoms with Gasteiger partial charge < -0.3 is 9.72 Å². The maximum Gasteiger partial charge on any atom is 0.243 e. The molecule has 3 rings (SSSR count). The molecule has 0 amide bonds. The molecule has 0 spiro atoms. The standard InChI is InChI=1S/C21H24N2O4S/c1-4-23(5-2)28(25,26)17-11-12-20-18(13-17)19(14-24)21(22-20)15-7-9-16(10-8-15)27-6-3/h7-14,22H,4-6H2,1-3H3. The summed E-state index contributed by atoms with van der Waals surface area (Å²) in [5.74, 6) is 0.752. The molecule has 0 saturated heterocycles. The largest absolute Gasteiger partial charge is 0.494 e. The van der Waals surface area contributed by atoms with Crippen molar-refractivity contribution in [2.24, 2.45) is 0 Å². The molecule has 0 atom stereocenters. The van der Waals surface area contributed by atoms with Crippen molar-refractivity contribution in [1.82, 2.24) is 9.29 Å². The summed E-state index contributed by atoms with van der Waals surface area (Å²) in [4.78, 5) is 15.3. The highest BCUT2D eigenvalue weighted by atomic mass is 32.2. The summed E-state index contributed by atoms with van der Waals surface area (Å²) in [5, 5.41) is 0.590. The van der Waals surface area contributed by atoms with E-state index in [-0.39, 0.29) is 4.90 Å². The first-order chi connectivity index (χ1) is 13.5. The van der Waals surface area contributed by atoms with Crippen LogP contribution in [0.25, 0.3) is 22.2 Å². The minimum Gasteiger partial charge on any atom is -0.494 e. The molecule has 1 aromatic heterocycles. The Labute approximate surface area is 165 Å². The lowest BCUT2D eigenvalue weighted by molar-refractivity contribution is 0.112. The minimum absolute atomic E-state index is 0.184. The van der Waals surface area contributed by atoms with Crippen LogP contribution in [0.3, 0.4) is 0 Å². The van der Waals surface area contributed by atoms with Gasteiger partial charge in [-0.15, -0.1) is 0 Å². The topological polar surface area (TPSA) is 79.5 Å². The van der Waals surface area contributed by atoms with E-state index in [0.29, 0.717) is 41.9 Å². The number of H-pyrrole nitrogens is 1. The smallest absolute Gasteiger partial charge is 0.243 e. The second-order valence-corrected chi connectivity index (χ2v) is 8.22. The van der Waals surface area contributed by atoms with Gasteiger partial charge >= 0.3 is 0 Å². The highest BCUT2D eigenvalue weighted by molar-refractivity contribution is 7.89. The molecule has 0 saturated carbocycles. The first-order valence-electron chi connectivity index (χ1n) is 9.30. The normalized spacial score (nSPS) is 11.9. The number of benzene rings is 2. The lowest BCUT2D eigenvalue weighted by atomic mass is 10.1. The molecular weight excluding hydrogens is 376 g/mol. The van der Waals surface area contributed by atoms with Gasteiger partial charge in [0.2, 0.25) is 10.0 Å². The molecule has 1 N–H and O–H groups in total. The number of ether oxygens (including phenoxy) is 1. The maximum atomic E-state index is 12.8. The van der Waals surface area contributed by atoms with Gasteiger partial charge in [0, 0.05) is 29.6 Å². The molecule has 0 aliphatic heterocycles. The first-order valence-corrected chi connectivity index (χ1v) is 10.7. The van der Waals surface area contributed by atoms with Gasteiger partial charge in [-0.3, -0.25) is 4.79 Å². The van der Waals surface area contributed by atoms with Gasteiger partial charge in [0.1, 0.15) is 5.75 Å². The van der Waals surface area contributed by atoms with Gasteiger partial charge in [-0.25, -0.2) is 8.42 Å². The van der Waals surface area contributed by atoms with E-state index in [1.54, 1.807) is 32.0 Å². The fourth-order valence-electron chi connectivity index (χ4n) is 3.30. The molecule has 148 valence electrons. The van der Waals surface area contributed by atoms with Crippen LogP contribution in [0.2, 0.25) is 0 Å². The quantitative estimate of drug-likeness (QED) is 0.578. The number of aromatic amines is 1. The van der Waals surface area contributed by atoms with E-state index in [0.717, 1.165) is 17.6 Å². The third kappa shape index (κ3) is 3.55. The molecule has 0 radical (unpaired) electrons. The van der Waals surface area contributed by atoms with E-state index in [1.165, 1.54) is 4.31 Å². The summed E-state index contributed by atoms with van der Waals surface area (Å²) in [5.41, 5.74) is 2.64. The Morgan fingerprint density at radius 1 is 1.04 bits per heavy atom. The second kappa shape index (κ2) is 8.16. The highest BCUT2D eigenvalue weighted by Gasteiger charge is 2.23. The Balaban J connectivity index is 2.11. The van der Waals surface area contributed by atoms with Gasteiger partial charge in [-0.1, -0.05) is 13.8 Å². The Bertz CT molecular complexity index is 1080. The average Bonchev–Trinajstić information content (AvgIpc) is 3.07. The summed E-state index contributed by atoms with van der Waals surface area (Å²) in [6.45, 7) is 6.88. The summed E-state index contributed by atoms with van der Waals surface area (Å²) in [6, 6.07) is 12.3. The van der Waals surface area contributed by atoms with Crippen LogP contribution in [0.15, 0.2) is 47.4 Å². The summed E-state index contributed by atoms with van der Waals surface area (Å²) in [7, 11) is -3.60. The van der Waals surface area contributed by atoms with E-state index < -0.39 is 10.0 Å². The van der Waals surface area contributed by atoms with Crippen molar-refractivity contribution in [2.75, 3.05) is 19.7 Å². The number of hydrogen-bond acceptors (Lipinski definition) is 4. The van der Waals surface area contributed by atoms with Crippen LogP contribution in [0, 0.1) is 0 Å². The van der Waals surface area contributed by atoms with Crippen LogP contribution in [-0.2, 0) is 10.0 Å². The monoisotopic (exact) mass is 400 g/mol. The first kappa shape index (κ1) is 20.1. The number of nitrogens with one attached hydrogen (secondary N) is 1. The van der Waals surface area contributed by atoms with E-state index in [1.807, 2.05) is 31.2 Å². The third-order valence-electron chi connectivity index (χ3n) is 4.73. The Kier molecular flexibility index (Phi) is 5.86. The molecule has 0 aliphatic carbocycles. The van der Waals surface area contributed by atoms with Gasteiger partial charge in [0.15, 0.2) is 6.29 Å². The van der Waals surface area contributed by atoms with Crippen LogP contribution in [0.5, 0.6) is 5.75 Å². The van der Waals surface area contributed by atoms with Crippen LogP contribution in [0.4, 0.5) is 0 Å². The van der Waals surface area contributed by atoms with E-state index >= 15 is 0 Å². The highest BCUT2D eigenvalue weighted by Crippen LogP contribution is 2.32. The van der Waals surface area contributed by atoms with Crippen molar-refractivity contribution < 1.29 is 17.9 Å². The Morgan fingerprint density at radius 2 is 1.71 bits per heavy atom. The molecule has 3 aromatic rings. The van der Waals surface area contributed by atoms with Crippen LogP contribution in [-0.4, -0.2) is 43.7 Å². The molecule has 0 bridgehead atoms. The van der Waals surface area contributed by atoms with E-state index in [9.17, 15) is 13.2 Å². The van der Waals surface area contributed by atoms with Gasteiger partial charge in [0.25, 0.3) is 0 Å². The average molecular weight is 401 g/mol. The van der Waals surface area contributed by atoms with Crippen LogP contribution < -0.4 is 4.74 Å². The molecular formula is C21H24N2O4S. The summed E-state index contributed by atoms with van der Waals surface area (Å²) >= 11 is 0. The lowest BCUT2D eigenvalue weighted by Crippen LogP contribution is -2.30. The van der Waals surface area contributed by atoms with Crippen molar-refractivity contribution in [3.63, 3.8) is 0 Å². The SMILES string of the molecule is CCOc1ccc(-c2[nH]c3ccc(S(=O)(=O)N(CC)CC)cc3c2C=O)cc1. The van der Waals surface area contributed by atoms with Crippen LogP contribution >= 0.6 is 0 Å². The number of nitrogens with zero attached hydrogens (tertiary/aromatic N) is 1. The predicted octanol–water partition coefficient (Wildman–Crippen LogP) is 4.08. The Hall–Kier alpha value is -2.64. The lowest BCUT2D eigenvalue weighted by Gasteiger charge is -2.18. The minimum atomic E-state index is -3.60. The zero-order valence-electron chi connectivity index (χ0n) is 16.2. The summed E-state index contributed by atoms with van der Waals surface area (Å²) < 4.78 is 32.5. The second-order valence-electron chi connectivity index (χ2n) is 6.29. The predicted molar refractivity (Wildman–Crippen MR) is 110 cm³/mol. The zero-order valence-corrected chi connectivity index (χ0v) is 17.0. The van der Waals surface area contributed by atoms with E-state index in [2.05, 4.69) is 4.98 Å². The van der Waals surface area contributed by atoms with Gasteiger partial charge in [-0.05, 0) is 55.0 Å². The molecule has 7 heteroatoms. The van der Waals surface area contributed by atoms with Gasteiger partial charge in [0.05, 0.1) is 17.2 Å². The molecule has 1 heterocycles. The fraction of sp³-hybridized carbons (Fsp3) is 0.286. The number of hydrogen-bond donors (Lipinski definition) is 1. The molecule has 6 nitrogen and oxygen atoms in total.